The molecule has 186 valence electrons. The van der Waals surface area contributed by atoms with Crippen molar-refractivity contribution in [2.75, 3.05) is 18.6 Å². The van der Waals surface area contributed by atoms with E-state index in [1.807, 2.05) is 69.3 Å². The molecule has 0 N–H and O–H groups in total. The van der Waals surface area contributed by atoms with E-state index >= 15 is 0 Å². The number of amidine groups is 1. The number of amides is 1. The summed E-state index contributed by atoms with van der Waals surface area (Å²) in [6.07, 6.45) is 2.72. The third kappa shape index (κ3) is 5.72. The van der Waals surface area contributed by atoms with Gasteiger partial charge in [0.05, 0.1) is 30.0 Å². The zero-order chi connectivity index (χ0) is 25.8. The second-order valence-electron chi connectivity index (χ2n) is 8.27. The van der Waals surface area contributed by atoms with Crippen LogP contribution in [0.3, 0.4) is 0 Å². The van der Waals surface area contributed by atoms with Crippen molar-refractivity contribution >= 4 is 63.5 Å². The number of aryl methyl sites for hydroxylation is 2. The predicted molar refractivity (Wildman–Crippen MR) is 151 cm³/mol. The summed E-state index contributed by atoms with van der Waals surface area (Å²) in [5.41, 5.74) is 4.00. The van der Waals surface area contributed by atoms with Gasteiger partial charge in [0.25, 0.3) is 5.91 Å². The van der Waals surface area contributed by atoms with Gasteiger partial charge in [-0.25, -0.2) is 4.99 Å². The molecule has 0 unspecified atom stereocenters. The molecule has 1 saturated heterocycles. The van der Waals surface area contributed by atoms with Crippen LogP contribution in [-0.2, 0) is 4.79 Å². The van der Waals surface area contributed by atoms with Gasteiger partial charge in [0.15, 0.2) is 16.7 Å². The van der Waals surface area contributed by atoms with Crippen LogP contribution in [0.4, 0.5) is 11.4 Å². The van der Waals surface area contributed by atoms with Gasteiger partial charge in [0.2, 0.25) is 0 Å². The van der Waals surface area contributed by atoms with Gasteiger partial charge in [-0.05, 0) is 91.2 Å². The molecule has 36 heavy (non-hydrogen) atoms. The lowest BCUT2D eigenvalue weighted by Gasteiger charge is -2.16. The second-order valence-corrected chi connectivity index (χ2v) is 10.1. The van der Waals surface area contributed by atoms with E-state index in [1.165, 1.54) is 11.8 Å². The van der Waals surface area contributed by atoms with Crippen LogP contribution in [0.1, 0.15) is 30.0 Å². The summed E-state index contributed by atoms with van der Waals surface area (Å²) < 4.78 is 11.3. The lowest BCUT2D eigenvalue weighted by Crippen LogP contribution is -2.28. The molecule has 8 heteroatoms. The summed E-state index contributed by atoms with van der Waals surface area (Å²) in [5, 5.41) is 1.71. The molecule has 1 amide bonds. The second kappa shape index (κ2) is 11.4. The average Bonchev–Trinajstić information content (AvgIpc) is 3.16. The Morgan fingerprint density at radius 3 is 2.36 bits per heavy atom. The van der Waals surface area contributed by atoms with Gasteiger partial charge in [0, 0.05) is 10.0 Å². The van der Waals surface area contributed by atoms with Crippen LogP contribution in [0.25, 0.3) is 6.08 Å². The Kier molecular flexibility index (Phi) is 8.29. The average molecular weight is 542 g/mol. The normalized spacial score (nSPS) is 15.7. The molecule has 0 aliphatic carbocycles. The van der Waals surface area contributed by atoms with Gasteiger partial charge in [0.1, 0.15) is 0 Å². The smallest absolute Gasteiger partial charge is 0.271 e. The van der Waals surface area contributed by atoms with Crippen molar-refractivity contribution in [2.45, 2.75) is 27.2 Å². The van der Waals surface area contributed by atoms with Crippen molar-refractivity contribution in [1.82, 2.24) is 0 Å². The monoisotopic (exact) mass is 540 g/mol. The van der Waals surface area contributed by atoms with Crippen LogP contribution >= 0.6 is 35.0 Å². The third-order valence-corrected chi connectivity index (χ3v) is 7.33. The Bertz CT molecular complexity index is 1370. The maximum atomic E-state index is 13.6. The van der Waals surface area contributed by atoms with E-state index in [2.05, 4.69) is 0 Å². The number of carbonyl (C=O) groups is 1. The number of aliphatic imine (C=N–C) groups is 1. The number of ether oxygens (including phenoxy) is 2. The SMILES string of the molecule is CCCOc1ccc(/C=C2/SC(=Nc3ccc(C)c(Cl)c3)N(c3ccc(C)c(Cl)c3)C2=O)cc1OC. The number of rotatable bonds is 7. The Labute approximate surface area is 225 Å². The van der Waals surface area contributed by atoms with E-state index in [1.54, 1.807) is 24.1 Å². The third-order valence-electron chi connectivity index (χ3n) is 5.55. The minimum atomic E-state index is -0.192. The van der Waals surface area contributed by atoms with Crippen molar-refractivity contribution in [3.05, 3.63) is 86.2 Å². The van der Waals surface area contributed by atoms with Crippen molar-refractivity contribution in [1.29, 1.82) is 0 Å². The van der Waals surface area contributed by atoms with Gasteiger partial charge >= 0.3 is 0 Å². The van der Waals surface area contributed by atoms with Gasteiger partial charge in [-0.2, -0.15) is 0 Å². The van der Waals surface area contributed by atoms with Crippen LogP contribution < -0.4 is 14.4 Å². The summed E-state index contributed by atoms with van der Waals surface area (Å²) in [6.45, 7) is 6.50. The van der Waals surface area contributed by atoms with E-state index in [4.69, 9.17) is 37.7 Å². The van der Waals surface area contributed by atoms with Crippen LogP contribution in [0, 0.1) is 13.8 Å². The highest BCUT2D eigenvalue weighted by atomic mass is 35.5. The number of nitrogens with zero attached hydrogens (tertiary/aromatic N) is 2. The van der Waals surface area contributed by atoms with Gasteiger partial charge < -0.3 is 9.47 Å². The van der Waals surface area contributed by atoms with Gasteiger partial charge in [-0.1, -0.05) is 48.3 Å². The lowest BCUT2D eigenvalue weighted by atomic mass is 10.1. The zero-order valence-electron chi connectivity index (χ0n) is 20.5. The highest BCUT2D eigenvalue weighted by molar-refractivity contribution is 8.19. The largest absolute Gasteiger partial charge is 0.493 e. The summed E-state index contributed by atoms with van der Waals surface area (Å²) in [6, 6.07) is 16.7. The number of anilines is 1. The fourth-order valence-corrected chi connectivity index (χ4v) is 4.87. The van der Waals surface area contributed by atoms with Gasteiger partial charge in [-0.3, -0.25) is 9.69 Å². The molecule has 0 atom stereocenters. The molecule has 1 aliphatic rings. The maximum absolute atomic E-state index is 13.6. The molecule has 3 aromatic rings. The first kappa shape index (κ1) is 26.1. The number of thioether (sulfide) groups is 1. The first-order chi connectivity index (χ1) is 17.3. The summed E-state index contributed by atoms with van der Waals surface area (Å²) in [4.78, 5) is 20.5. The topological polar surface area (TPSA) is 51.1 Å². The van der Waals surface area contributed by atoms with E-state index < -0.39 is 0 Å². The number of benzene rings is 3. The quantitative estimate of drug-likeness (QED) is 0.283. The molecule has 0 saturated carbocycles. The Morgan fingerprint density at radius 2 is 1.69 bits per heavy atom. The summed E-state index contributed by atoms with van der Waals surface area (Å²) >= 11 is 14.0. The van der Waals surface area contributed by atoms with Crippen LogP contribution in [0.15, 0.2) is 64.5 Å². The maximum Gasteiger partial charge on any atom is 0.271 e. The molecular weight excluding hydrogens is 515 g/mol. The molecular formula is C28H26Cl2N2O3S. The van der Waals surface area contributed by atoms with E-state index in [0.29, 0.717) is 49.6 Å². The molecule has 0 aromatic heterocycles. The summed E-state index contributed by atoms with van der Waals surface area (Å²) in [7, 11) is 1.60. The lowest BCUT2D eigenvalue weighted by molar-refractivity contribution is -0.113. The Hall–Kier alpha value is -2.93. The number of hydrogen-bond donors (Lipinski definition) is 0. The summed E-state index contributed by atoms with van der Waals surface area (Å²) in [5.74, 6) is 1.09. The Balaban J connectivity index is 1.75. The molecule has 0 radical (unpaired) electrons. The number of halogens is 2. The number of carbonyl (C=O) groups excluding carboxylic acids is 1. The zero-order valence-corrected chi connectivity index (χ0v) is 22.8. The van der Waals surface area contributed by atoms with Crippen molar-refractivity contribution in [3.8, 4) is 11.5 Å². The fraction of sp³-hybridized carbons (Fsp3) is 0.214. The predicted octanol–water partition coefficient (Wildman–Crippen LogP) is 8.22. The minimum Gasteiger partial charge on any atom is -0.493 e. The molecule has 0 bridgehead atoms. The highest BCUT2D eigenvalue weighted by Crippen LogP contribution is 2.39. The van der Waals surface area contributed by atoms with Crippen LogP contribution in [-0.4, -0.2) is 24.8 Å². The molecule has 4 rings (SSSR count). The van der Waals surface area contributed by atoms with Crippen molar-refractivity contribution in [2.24, 2.45) is 4.99 Å². The molecule has 0 spiro atoms. The van der Waals surface area contributed by atoms with Crippen molar-refractivity contribution in [3.63, 3.8) is 0 Å². The molecule has 1 heterocycles. The van der Waals surface area contributed by atoms with E-state index in [-0.39, 0.29) is 5.91 Å². The van der Waals surface area contributed by atoms with E-state index in [0.717, 1.165) is 23.1 Å². The first-order valence-electron chi connectivity index (χ1n) is 11.5. The minimum absolute atomic E-state index is 0.192. The highest BCUT2D eigenvalue weighted by Gasteiger charge is 2.35. The van der Waals surface area contributed by atoms with Gasteiger partial charge in [-0.15, -0.1) is 0 Å². The fourth-order valence-electron chi connectivity index (χ4n) is 3.52. The van der Waals surface area contributed by atoms with E-state index in [9.17, 15) is 4.79 Å². The van der Waals surface area contributed by atoms with Crippen molar-refractivity contribution < 1.29 is 14.3 Å². The molecule has 3 aromatic carbocycles. The van der Waals surface area contributed by atoms with Crippen LogP contribution in [0.2, 0.25) is 10.0 Å². The first-order valence-corrected chi connectivity index (χ1v) is 13.0. The number of methoxy groups -OCH3 is 1. The Morgan fingerprint density at radius 1 is 0.972 bits per heavy atom. The standard InChI is InChI=1S/C28H26Cl2N2O3S/c1-5-12-35-24-11-8-19(13-25(24)34-4)14-26-27(33)32(21-10-7-18(3)23(30)16-21)28(36-26)31-20-9-6-17(2)22(29)15-20/h6-11,13-16H,5,12H2,1-4H3/b26-14+,31-28?. The molecule has 5 nitrogen and oxygen atoms in total. The van der Waals surface area contributed by atoms with Crippen LogP contribution in [0.5, 0.6) is 11.5 Å². The number of hydrogen-bond acceptors (Lipinski definition) is 5. The molecule has 1 aliphatic heterocycles. The molecule has 1 fully saturated rings.